The zero-order chi connectivity index (χ0) is 12.3. The third kappa shape index (κ3) is 2.90. The number of hydrogen-bond donors (Lipinski definition) is 1. The minimum absolute atomic E-state index is 0.103. The fourth-order valence-corrected chi connectivity index (χ4v) is 1.50. The Balaban J connectivity index is 2.03. The van der Waals surface area contributed by atoms with Gasteiger partial charge >= 0.3 is 5.97 Å². The van der Waals surface area contributed by atoms with E-state index in [1.165, 1.54) is 0 Å². The summed E-state index contributed by atoms with van der Waals surface area (Å²) in [5.74, 6) is -0.907. The van der Waals surface area contributed by atoms with Crippen LogP contribution in [-0.4, -0.2) is 35.9 Å². The largest absolute Gasteiger partial charge is 0.481 e. The van der Waals surface area contributed by atoms with Gasteiger partial charge in [-0.05, 0) is 6.92 Å². The van der Waals surface area contributed by atoms with Gasteiger partial charge in [0.05, 0.1) is 24.9 Å². The smallest absolute Gasteiger partial charge is 0.309 e. The third-order valence-electron chi connectivity index (χ3n) is 2.27. The molecule has 0 aromatic carbocycles. The van der Waals surface area contributed by atoms with Gasteiger partial charge in [-0.1, -0.05) is 5.21 Å². The van der Waals surface area contributed by atoms with Crippen molar-refractivity contribution in [1.29, 1.82) is 0 Å². The second kappa shape index (κ2) is 4.77. The van der Waals surface area contributed by atoms with E-state index in [0.29, 0.717) is 12.2 Å². The fraction of sp³-hybridized carbons (Fsp3) is 0.400. The lowest BCUT2D eigenvalue weighted by molar-refractivity contribution is -0.136. The first-order chi connectivity index (χ1) is 8.17. The molecule has 7 heteroatoms. The number of aryl methyl sites for hydroxylation is 1. The molecule has 2 rings (SSSR count). The third-order valence-corrected chi connectivity index (χ3v) is 2.27. The average molecular weight is 235 g/mol. The topological polar surface area (TPSA) is 85.8 Å². The van der Waals surface area contributed by atoms with E-state index in [-0.39, 0.29) is 6.42 Å². The molecule has 0 bridgehead atoms. The summed E-state index contributed by atoms with van der Waals surface area (Å²) < 4.78 is 3.43. The molecule has 0 saturated carbocycles. The Morgan fingerprint density at radius 3 is 2.88 bits per heavy atom. The number of aromatic nitrogens is 5. The molecule has 0 fully saturated rings. The molecule has 2 aromatic rings. The molecule has 0 saturated heterocycles. The van der Waals surface area contributed by atoms with Crippen molar-refractivity contribution in [2.24, 2.45) is 0 Å². The van der Waals surface area contributed by atoms with E-state index in [0.717, 1.165) is 12.1 Å². The second-order valence-corrected chi connectivity index (χ2v) is 3.68. The highest BCUT2D eigenvalue weighted by atomic mass is 16.4. The van der Waals surface area contributed by atoms with Crippen LogP contribution >= 0.6 is 0 Å². The van der Waals surface area contributed by atoms with Crippen molar-refractivity contribution in [1.82, 2.24) is 24.8 Å². The fourth-order valence-electron chi connectivity index (χ4n) is 1.50. The van der Waals surface area contributed by atoms with Crippen molar-refractivity contribution >= 4 is 5.97 Å². The van der Waals surface area contributed by atoms with E-state index in [2.05, 4.69) is 15.4 Å². The summed E-state index contributed by atoms with van der Waals surface area (Å²) in [6.07, 6.45) is 5.23. The first kappa shape index (κ1) is 11.3. The molecule has 0 unspecified atom stereocenters. The molecule has 0 amide bonds. The molecule has 90 valence electrons. The quantitative estimate of drug-likeness (QED) is 0.798. The summed E-state index contributed by atoms with van der Waals surface area (Å²) in [5, 5.41) is 20.4. The average Bonchev–Trinajstić information content (AvgIpc) is 2.88. The van der Waals surface area contributed by atoms with Crippen LogP contribution < -0.4 is 0 Å². The van der Waals surface area contributed by atoms with Crippen molar-refractivity contribution < 1.29 is 9.90 Å². The molecule has 17 heavy (non-hydrogen) atoms. The Labute approximate surface area is 97.7 Å². The van der Waals surface area contributed by atoms with Gasteiger partial charge in [-0.3, -0.25) is 9.48 Å². The summed E-state index contributed by atoms with van der Waals surface area (Å²) in [6.45, 7) is 3.38. The number of aliphatic carboxylic acids is 1. The summed E-state index contributed by atoms with van der Waals surface area (Å²) in [4.78, 5) is 10.5. The molecule has 1 N–H and O–H groups in total. The van der Waals surface area contributed by atoms with Crippen LogP contribution in [-0.2, 0) is 24.3 Å². The molecule has 2 aromatic heterocycles. The van der Waals surface area contributed by atoms with Gasteiger partial charge in [0.25, 0.3) is 0 Å². The standard InChI is InChI=1S/C10H13N5O2/c1-2-14-5-8(4-11-14)6-15-7-9(12-13-15)3-10(16)17/h4-5,7H,2-3,6H2,1H3,(H,16,17). The van der Waals surface area contributed by atoms with Crippen molar-refractivity contribution in [2.45, 2.75) is 26.4 Å². The van der Waals surface area contributed by atoms with Gasteiger partial charge in [0, 0.05) is 24.5 Å². The van der Waals surface area contributed by atoms with Gasteiger partial charge in [-0.15, -0.1) is 5.10 Å². The van der Waals surface area contributed by atoms with E-state index in [1.807, 2.05) is 17.8 Å². The summed E-state index contributed by atoms with van der Waals surface area (Å²) >= 11 is 0. The normalized spacial score (nSPS) is 10.6. The first-order valence-corrected chi connectivity index (χ1v) is 5.29. The summed E-state index contributed by atoms with van der Waals surface area (Å²) in [6, 6.07) is 0. The predicted molar refractivity (Wildman–Crippen MR) is 58.4 cm³/mol. The van der Waals surface area contributed by atoms with E-state index in [4.69, 9.17) is 5.11 Å². The number of rotatable bonds is 5. The van der Waals surface area contributed by atoms with Crippen molar-refractivity contribution in [3.8, 4) is 0 Å². The van der Waals surface area contributed by atoms with E-state index in [1.54, 1.807) is 17.1 Å². The molecule has 0 spiro atoms. The Bertz CT molecular complexity index is 516. The van der Waals surface area contributed by atoms with Crippen molar-refractivity contribution in [3.63, 3.8) is 0 Å². The highest BCUT2D eigenvalue weighted by molar-refractivity contribution is 5.69. The van der Waals surface area contributed by atoms with Gasteiger partial charge in [0.15, 0.2) is 0 Å². The number of carboxylic acids is 1. The van der Waals surface area contributed by atoms with Crippen molar-refractivity contribution in [2.75, 3.05) is 0 Å². The Morgan fingerprint density at radius 2 is 2.24 bits per heavy atom. The van der Waals surface area contributed by atoms with Gasteiger partial charge in [0.2, 0.25) is 0 Å². The monoisotopic (exact) mass is 235 g/mol. The maximum Gasteiger partial charge on any atom is 0.309 e. The highest BCUT2D eigenvalue weighted by Crippen LogP contribution is 2.02. The maximum atomic E-state index is 10.5. The molecule has 0 aliphatic carbocycles. The predicted octanol–water partition coefficient (Wildman–Crippen LogP) is 0.170. The SMILES string of the molecule is CCn1cc(Cn2cc(CC(=O)O)nn2)cn1. The van der Waals surface area contributed by atoms with Crippen LogP contribution in [0, 0.1) is 0 Å². The highest BCUT2D eigenvalue weighted by Gasteiger charge is 2.06. The van der Waals surface area contributed by atoms with Gasteiger partial charge in [-0.2, -0.15) is 5.10 Å². The van der Waals surface area contributed by atoms with E-state index in [9.17, 15) is 4.79 Å². The van der Waals surface area contributed by atoms with Crippen LogP contribution in [0.1, 0.15) is 18.2 Å². The molecule has 0 aliphatic heterocycles. The molecule has 0 aliphatic rings. The van der Waals surface area contributed by atoms with Crippen LogP contribution in [0.5, 0.6) is 0 Å². The minimum Gasteiger partial charge on any atom is -0.481 e. The van der Waals surface area contributed by atoms with Gasteiger partial charge < -0.3 is 5.11 Å². The summed E-state index contributed by atoms with van der Waals surface area (Å²) in [7, 11) is 0. The van der Waals surface area contributed by atoms with Crippen LogP contribution in [0.3, 0.4) is 0 Å². The van der Waals surface area contributed by atoms with Crippen LogP contribution in [0.4, 0.5) is 0 Å². The second-order valence-electron chi connectivity index (χ2n) is 3.68. The first-order valence-electron chi connectivity index (χ1n) is 5.29. The maximum absolute atomic E-state index is 10.5. The van der Waals surface area contributed by atoms with Crippen LogP contribution in [0.25, 0.3) is 0 Å². The minimum atomic E-state index is -0.907. The molecule has 0 radical (unpaired) electrons. The van der Waals surface area contributed by atoms with Crippen LogP contribution in [0.2, 0.25) is 0 Å². The number of carboxylic acid groups (broad SMARTS) is 1. The van der Waals surface area contributed by atoms with Crippen molar-refractivity contribution in [3.05, 3.63) is 29.8 Å². The Morgan fingerprint density at radius 1 is 1.41 bits per heavy atom. The lowest BCUT2D eigenvalue weighted by atomic mass is 10.3. The molecule has 7 nitrogen and oxygen atoms in total. The molecular weight excluding hydrogens is 222 g/mol. The van der Waals surface area contributed by atoms with E-state index < -0.39 is 5.97 Å². The zero-order valence-corrected chi connectivity index (χ0v) is 9.44. The molecule has 0 atom stereocenters. The Hall–Kier alpha value is -2.18. The lowest BCUT2D eigenvalue weighted by Gasteiger charge is -1.95. The zero-order valence-electron chi connectivity index (χ0n) is 9.44. The summed E-state index contributed by atoms with van der Waals surface area (Å²) in [5.41, 5.74) is 1.47. The van der Waals surface area contributed by atoms with Gasteiger partial charge in [-0.25, -0.2) is 4.68 Å². The van der Waals surface area contributed by atoms with Gasteiger partial charge in [0.1, 0.15) is 0 Å². The lowest BCUT2D eigenvalue weighted by Crippen LogP contribution is -2.00. The van der Waals surface area contributed by atoms with E-state index >= 15 is 0 Å². The molecular formula is C10H13N5O2. The Kier molecular flexibility index (Phi) is 3.17. The molecule has 2 heterocycles. The number of carbonyl (C=O) groups is 1. The number of hydrogen-bond acceptors (Lipinski definition) is 4. The number of nitrogens with zero attached hydrogens (tertiary/aromatic N) is 5. The van der Waals surface area contributed by atoms with Crippen LogP contribution in [0.15, 0.2) is 18.6 Å².